The van der Waals surface area contributed by atoms with Gasteiger partial charge >= 0.3 is 0 Å². The van der Waals surface area contributed by atoms with Gasteiger partial charge in [-0.15, -0.1) is 11.3 Å². The van der Waals surface area contributed by atoms with Gasteiger partial charge in [-0.1, -0.05) is 11.6 Å². The maximum atomic E-state index is 12.0. The number of thiazole rings is 1. The third-order valence-electron chi connectivity index (χ3n) is 2.42. The van der Waals surface area contributed by atoms with Crippen LogP contribution in [0.3, 0.4) is 0 Å². The van der Waals surface area contributed by atoms with E-state index >= 15 is 0 Å². The maximum Gasteiger partial charge on any atom is 0.240 e. The first kappa shape index (κ1) is 14.4. The highest BCUT2D eigenvalue weighted by Gasteiger charge is 2.15. The molecule has 19 heavy (non-hydrogen) atoms. The molecule has 0 fully saturated rings. The Balaban J connectivity index is 2.19. The monoisotopic (exact) mass is 318 g/mol. The average Bonchev–Trinajstić information content (AvgIpc) is 2.90. The van der Waals surface area contributed by atoms with Crippen LogP contribution in [-0.2, 0) is 23.2 Å². The van der Waals surface area contributed by atoms with E-state index in [0.717, 1.165) is 0 Å². The molecule has 0 aliphatic rings. The Morgan fingerprint density at radius 2 is 2.21 bits per heavy atom. The van der Waals surface area contributed by atoms with E-state index in [1.807, 2.05) is 0 Å². The van der Waals surface area contributed by atoms with Crippen molar-refractivity contribution in [2.45, 2.75) is 18.0 Å². The van der Waals surface area contributed by atoms with Gasteiger partial charge in [0.05, 0.1) is 29.3 Å². The Kier molecular flexibility index (Phi) is 4.54. The molecule has 0 radical (unpaired) electrons. The van der Waals surface area contributed by atoms with Crippen LogP contribution in [0.4, 0.5) is 0 Å². The number of aromatic nitrogens is 1. The molecule has 5 nitrogen and oxygen atoms in total. The molecule has 0 bridgehead atoms. The van der Waals surface area contributed by atoms with Crippen molar-refractivity contribution in [3.05, 3.63) is 45.4 Å². The Morgan fingerprint density at radius 1 is 1.42 bits per heavy atom. The Labute approximate surface area is 119 Å². The lowest BCUT2D eigenvalue weighted by Crippen LogP contribution is -2.23. The topological polar surface area (TPSA) is 79.3 Å². The van der Waals surface area contributed by atoms with Crippen LogP contribution in [0.15, 0.2) is 34.0 Å². The van der Waals surface area contributed by atoms with E-state index in [-0.39, 0.29) is 18.0 Å². The number of hydrogen-bond acceptors (Lipinski definition) is 5. The fraction of sp³-hybridized carbons (Fsp3) is 0.182. The lowest BCUT2D eigenvalue weighted by molar-refractivity contribution is 0.281. The molecule has 1 aromatic heterocycles. The summed E-state index contributed by atoms with van der Waals surface area (Å²) >= 11 is 7.22. The van der Waals surface area contributed by atoms with Crippen molar-refractivity contribution >= 4 is 33.0 Å². The Morgan fingerprint density at radius 3 is 2.84 bits per heavy atom. The highest BCUT2D eigenvalue weighted by molar-refractivity contribution is 7.89. The SMILES string of the molecule is O=S(=O)(NCc1cscn1)c1ccc(Cl)c(CO)c1. The van der Waals surface area contributed by atoms with Gasteiger partial charge in [0.25, 0.3) is 0 Å². The van der Waals surface area contributed by atoms with E-state index in [9.17, 15) is 8.42 Å². The summed E-state index contributed by atoms with van der Waals surface area (Å²) in [6.07, 6.45) is 0. The van der Waals surface area contributed by atoms with Gasteiger partial charge in [0.15, 0.2) is 0 Å². The number of hydrogen-bond donors (Lipinski definition) is 2. The predicted molar refractivity (Wildman–Crippen MR) is 73.5 cm³/mol. The van der Waals surface area contributed by atoms with Crippen molar-refractivity contribution < 1.29 is 13.5 Å². The fourth-order valence-corrected chi connectivity index (χ4v) is 3.20. The molecule has 0 spiro atoms. The van der Waals surface area contributed by atoms with E-state index < -0.39 is 10.0 Å². The van der Waals surface area contributed by atoms with E-state index in [2.05, 4.69) is 9.71 Å². The van der Waals surface area contributed by atoms with Crippen molar-refractivity contribution in [2.75, 3.05) is 0 Å². The molecule has 2 N–H and O–H groups in total. The molecule has 0 saturated heterocycles. The molecule has 2 rings (SSSR count). The third kappa shape index (κ3) is 3.52. The molecule has 0 saturated carbocycles. The van der Waals surface area contributed by atoms with Crippen molar-refractivity contribution in [3.63, 3.8) is 0 Å². The highest BCUT2D eigenvalue weighted by Crippen LogP contribution is 2.20. The summed E-state index contributed by atoms with van der Waals surface area (Å²) in [4.78, 5) is 4.06. The standard InChI is InChI=1S/C11H11ClN2O3S2/c12-11-2-1-10(3-8(11)5-15)19(16,17)14-4-9-6-18-7-13-9/h1-3,6-7,14-15H,4-5H2. The molecule has 0 aliphatic carbocycles. The number of sulfonamides is 1. The summed E-state index contributed by atoms with van der Waals surface area (Å²) in [6, 6.07) is 4.20. The summed E-state index contributed by atoms with van der Waals surface area (Å²) in [5, 5.41) is 11.2. The number of benzene rings is 1. The van der Waals surface area contributed by atoms with Crippen LogP contribution in [0, 0.1) is 0 Å². The van der Waals surface area contributed by atoms with Gasteiger partial charge in [-0.2, -0.15) is 0 Å². The molecule has 1 aromatic carbocycles. The van der Waals surface area contributed by atoms with E-state index in [0.29, 0.717) is 16.3 Å². The maximum absolute atomic E-state index is 12.0. The van der Waals surface area contributed by atoms with Gasteiger partial charge in [0.2, 0.25) is 10.0 Å². The summed E-state index contributed by atoms with van der Waals surface area (Å²) in [5.41, 5.74) is 2.67. The number of nitrogens with one attached hydrogen (secondary N) is 1. The van der Waals surface area contributed by atoms with Crippen LogP contribution in [0.5, 0.6) is 0 Å². The van der Waals surface area contributed by atoms with Crippen LogP contribution < -0.4 is 4.72 Å². The van der Waals surface area contributed by atoms with Crippen molar-refractivity contribution in [1.29, 1.82) is 0 Å². The van der Waals surface area contributed by atoms with Crippen molar-refractivity contribution in [1.82, 2.24) is 9.71 Å². The van der Waals surface area contributed by atoms with Gasteiger partial charge in [-0.25, -0.2) is 18.1 Å². The minimum Gasteiger partial charge on any atom is -0.392 e. The smallest absolute Gasteiger partial charge is 0.240 e. The first-order valence-corrected chi connectivity index (χ1v) is 8.09. The van der Waals surface area contributed by atoms with E-state index in [1.165, 1.54) is 29.5 Å². The van der Waals surface area contributed by atoms with Gasteiger partial charge in [0.1, 0.15) is 0 Å². The van der Waals surface area contributed by atoms with Crippen LogP contribution in [0.25, 0.3) is 0 Å². The van der Waals surface area contributed by atoms with Crippen molar-refractivity contribution in [2.24, 2.45) is 0 Å². The van der Waals surface area contributed by atoms with Crippen LogP contribution >= 0.6 is 22.9 Å². The van der Waals surface area contributed by atoms with E-state index in [4.69, 9.17) is 16.7 Å². The van der Waals surface area contributed by atoms with Crippen LogP contribution in [0.2, 0.25) is 5.02 Å². The number of halogens is 1. The Bertz CT molecular complexity index is 657. The summed E-state index contributed by atoms with van der Waals surface area (Å²) in [7, 11) is -3.64. The van der Waals surface area contributed by atoms with Gasteiger partial charge in [-0.05, 0) is 23.8 Å². The largest absolute Gasteiger partial charge is 0.392 e. The first-order valence-electron chi connectivity index (χ1n) is 5.29. The van der Waals surface area contributed by atoms with Gasteiger partial charge < -0.3 is 5.11 Å². The molecular formula is C11H11ClN2O3S2. The molecule has 1 heterocycles. The predicted octanol–water partition coefficient (Wildman–Crippen LogP) is 1.77. The summed E-state index contributed by atoms with van der Waals surface area (Å²) < 4.78 is 26.5. The van der Waals surface area contributed by atoms with Crippen LogP contribution in [-0.4, -0.2) is 18.5 Å². The highest BCUT2D eigenvalue weighted by atomic mass is 35.5. The molecule has 8 heteroatoms. The lowest BCUT2D eigenvalue weighted by Gasteiger charge is -2.07. The number of aliphatic hydroxyl groups excluding tert-OH is 1. The lowest BCUT2D eigenvalue weighted by atomic mass is 10.2. The normalized spacial score (nSPS) is 11.7. The molecule has 102 valence electrons. The second-order valence-corrected chi connectivity index (χ2v) is 6.61. The molecule has 0 amide bonds. The van der Waals surface area contributed by atoms with Crippen LogP contribution in [0.1, 0.15) is 11.3 Å². The Hall–Kier alpha value is -0.990. The molecular weight excluding hydrogens is 308 g/mol. The van der Waals surface area contributed by atoms with E-state index in [1.54, 1.807) is 10.9 Å². The summed E-state index contributed by atoms with van der Waals surface area (Å²) in [5.74, 6) is 0. The minimum atomic E-state index is -3.64. The first-order chi connectivity index (χ1) is 9.03. The zero-order valence-electron chi connectivity index (χ0n) is 9.71. The minimum absolute atomic E-state index is 0.0659. The third-order valence-corrected chi connectivity index (χ3v) is 4.83. The fourth-order valence-electron chi connectivity index (χ4n) is 1.42. The average molecular weight is 319 g/mol. The van der Waals surface area contributed by atoms with Gasteiger partial charge in [-0.3, -0.25) is 0 Å². The number of nitrogens with zero attached hydrogens (tertiary/aromatic N) is 1. The van der Waals surface area contributed by atoms with Gasteiger partial charge in [0, 0.05) is 10.4 Å². The molecule has 0 unspecified atom stereocenters. The number of rotatable bonds is 5. The second kappa shape index (κ2) is 5.98. The van der Waals surface area contributed by atoms with Crippen molar-refractivity contribution in [3.8, 4) is 0 Å². The zero-order chi connectivity index (χ0) is 13.9. The molecule has 0 aliphatic heterocycles. The molecule has 2 aromatic rings. The summed E-state index contributed by atoms with van der Waals surface area (Å²) in [6.45, 7) is -0.183. The quantitative estimate of drug-likeness (QED) is 0.880. The number of aliphatic hydroxyl groups is 1. The zero-order valence-corrected chi connectivity index (χ0v) is 12.1. The second-order valence-electron chi connectivity index (χ2n) is 3.72. The molecule has 0 atom stereocenters.